The Morgan fingerprint density at radius 2 is 1.89 bits per heavy atom. The first-order chi connectivity index (χ1) is 17.5. The van der Waals surface area contributed by atoms with Gasteiger partial charge in [0.1, 0.15) is 29.7 Å². The monoisotopic (exact) mass is 506 g/mol. The third-order valence-corrected chi connectivity index (χ3v) is 5.46. The van der Waals surface area contributed by atoms with E-state index in [0.29, 0.717) is 22.8 Å². The van der Waals surface area contributed by atoms with Crippen LogP contribution in [0.5, 0.6) is 5.75 Å². The van der Waals surface area contributed by atoms with Gasteiger partial charge in [0.25, 0.3) is 0 Å². The third kappa shape index (κ3) is 5.47. The number of hydrogen-bond acceptors (Lipinski definition) is 8. The van der Waals surface area contributed by atoms with Crippen LogP contribution in [-0.2, 0) is 16.1 Å². The Morgan fingerprint density at radius 3 is 2.57 bits per heavy atom. The highest BCUT2D eigenvalue weighted by Gasteiger charge is 2.21. The number of amides is 2. The lowest BCUT2D eigenvalue weighted by molar-refractivity contribution is -0.129. The number of nitrogen functional groups attached to an aromatic ring is 1. The van der Waals surface area contributed by atoms with Gasteiger partial charge in [-0.15, -0.1) is 0 Å². The predicted octanol–water partition coefficient (Wildman–Crippen LogP) is 3.29. The number of ether oxygens (including phenoxy) is 2. The van der Waals surface area contributed by atoms with Gasteiger partial charge < -0.3 is 20.1 Å². The summed E-state index contributed by atoms with van der Waals surface area (Å²) in [6, 6.07) is 7.27. The molecule has 4 rings (SSSR count). The minimum absolute atomic E-state index is 0.0749. The first-order valence-corrected chi connectivity index (χ1v) is 11.5. The van der Waals surface area contributed by atoms with Crippen LogP contribution in [-0.4, -0.2) is 68.1 Å². The van der Waals surface area contributed by atoms with Crippen LogP contribution in [0.1, 0.15) is 20.8 Å². The number of carbonyl (C=O) groups is 2. The van der Waals surface area contributed by atoms with Crippen LogP contribution in [0.2, 0.25) is 0 Å². The molecule has 0 spiro atoms. The summed E-state index contributed by atoms with van der Waals surface area (Å²) in [5, 5.41) is 11.5. The van der Waals surface area contributed by atoms with Gasteiger partial charge in [-0.25, -0.2) is 14.3 Å². The quantitative estimate of drug-likeness (QED) is 0.406. The van der Waals surface area contributed by atoms with E-state index in [2.05, 4.69) is 20.5 Å². The third-order valence-electron chi connectivity index (χ3n) is 5.46. The molecule has 3 heterocycles. The molecule has 2 amide bonds. The number of methoxy groups -OCH3 is 1. The molecule has 0 aliphatic heterocycles. The molecule has 0 radical (unpaired) electrons. The average molecular weight is 507 g/mol. The number of aromatic nitrogens is 5. The molecular formula is C25H30N8O4. The fraction of sp³-hybridized carbons (Fsp3) is 0.320. The molecule has 0 saturated heterocycles. The van der Waals surface area contributed by atoms with Gasteiger partial charge in [0.2, 0.25) is 5.91 Å². The van der Waals surface area contributed by atoms with Crippen LogP contribution in [0, 0.1) is 0 Å². The minimum atomic E-state index is -0.635. The lowest BCUT2D eigenvalue weighted by atomic mass is 10.1. The van der Waals surface area contributed by atoms with Gasteiger partial charge in [-0.1, -0.05) is 6.07 Å². The van der Waals surface area contributed by atoms with Crippen molar-refractivity contribution in [3.63, 3.8) is 0 Å². The number of nitrogens with one attached hydrogen (secondary N) is 1. The van der Waals surface area contributed by atoms with Crippen molar-refractivity contribution in [2.75, 3.05) is 32.3 Å². The van der Waals surface area contributed by atoms with Gasteiger partial charge in [-0.2, -0.15) is 10.2 Å². The lowest BCUT2D eigenvalue weighted by Crippen LogP contribution is -2.27. The van der Waals surface area contributed by atoms with Gasteiger partial charge in [-0.05, 0) is 44.5 Å². The molecule has 0 aliphatic rings. The maximum Gasteiger partial charge on any atom is 0.412 e. The van der Waals surface area contributed by atoms with Gasteiger partial charge in [-0.3, -0.25) is 14.8 Å². The summed E-state index contributed by atoms with van der Waals surface area (Å²) in [6.45, 7) is 5.49. The highest BCUT2D eigenvalue weighted by molar-refractivity contribution is 5.94. The lowest BCUT2D eigenvalue weighted by Gasteiger charge is -2.20. The first-order valence-electron chi connectivity index (χ1n) is 11.5. The normalized spacial score (nSPS) is 11.4. The Morgan fingerprint density at radius 1 is 1.14 bits per heavy atom. The maximum absolute atomic E-state index is 12.3. The number of nitrogens with two attached hydrogens (primary N) is 1. The molecule has 0 aliphatic carbocycles. The van der Waals surface area contributed by atoms with Crippen molar-refractivity contribution in [2.45, 2.75) is 32.9 Å². The van der Waals surface area contributed by atoms with E-state index in [1.807, 2.05) is 12.1 Å². The predicted molar refractivity (Wildman–Crippen MR) is 139 cm³/mol. The number of fused-ring (bicyclic) bond motifs is 1. The number of nitrogens with zero attached hydrogens (tertiary/aromatic N) is 6. The topological polar surface area (TPSA) is 142 Å². The number of likely N-dealkylation sites (N-methyl/N-ethyl adjacent to an activating group) is 1. The molecule has 3 N–H and O–H groups in total. The van der Waals surface area contributed by atoms with E-state index < -0.39 is 11.7 Å². The van der Waals surface area contributed by atoms with Crippen LogP contribution in [0.15, 0.2) is 43.0 Å². The van der Waals surface area contributed by atoms with Crippen molar-refractivity contribution in [2.24, 2.45) is 0 Å². The largest absolute Gasteiger partial charge is 0.495 e. The zero-order chi connectivity index (χ0) is 26.9. The first kappa shape index (κ1) is 25.5. The maximum atomic E-state index is 12.3. The molecule has 0 atom stereocenters. The zero-order valence-corrected chi connectivity index (χ0v) is 21.6. The summed E-state index contributed by atoms with van der Waals surface area (Å²) >= 11 is 0. The van der Waals surface area contributed by atoms with E-state index in [9.17, 15) is 9.59 Å². The molecule has 0 bridgehead atoms. The molecule has 194 valence electrons. The van der Waals surface area contributed by atoms with E-state index >= 15 is 0 Å². The highest BCUT2D eigenvalue weighted by atomic mass is 16.6. The zero-order valence-electron chi connectivity index (χ0n) is 21.6. The SMILES string of the molecule is COc1cc(-c2cc(-c3cnn(CC(=O)N(C)C)c3)n3ncnc(N)c23)ccc1NC(=O)OC(C)(C)C. The summed E-state index contributed by atoms with van der Waals surface area (Å²) in [7, 11) is 4.91. The highest BCUT2D eigenvalue weighted by Crippen LogP contribution is 2.38. The van der Waals surface area contributed by atoms with Gasteiger partial charge in [0.15, 0.2) is 5.82 Å². The van der Waals surface area contributed by atoms with E-state index in [1.165, 1.54) is 18.3 Å². The summed E-state index contributed by atoms with van der Waals surface area (Å²) in [4.78, 5) is 30.1. The minimum Gasteiger partial charge on any atom is -0.495 e. The van der Waals surface area contributed by atoms with Gasteiger partial charge in [0.05, 0.1) is 24.7 Å². The summed E-state index contributed by atoms with van der Waals surface area (Å²) in [5.41, 5.74) is 9.69. The molecule has 0 unspecified atom stereocenters. The van der Waals surface area contributed by atoms with Crippen molar-refractivity contribution in [3.05, 3.63) is 43.0 Å². The van der Waals surface area contributed by atoms with E-state index in [4.69, 9.17) is 15.2 Å². The molecule has 0 saturated carbocycles. The smallest absolute Gasteiger partial charge is 0.412 e. The van der Waals surface area contributed by atoms with E-state index in [-0.39, 0.29) is 12.5 Å². The van der Waals surface area contributed by atoms with Crippen LogP contribution in [0.3, 0.4) is 0 Å². The fourth-order valence-electron chi connectivity index (χ4n) is 3.73. The second-order valence-electron chi connectivity index (χ2n) is 9.61. The number of anilines is 2. The molecular weight excluding hydrogens is 476 g/mol. The Hall–Kier alpha value is -4.61. The Labute approximate surface area is 214 Å². The number of rotatable bonds is 6. The summed E-state index contributed by atoms with van der Waals surface area (Å²) < 4.78 is 14.1. The van der Waals surface area contributed by atoms with Crippen molar-refractivity contribution in [3.8, 4) is 28.1 Å². The molecule has 37 heavy (non-hydrogen) atoms. The number of benzene rings is 1. The van der Waals surface area contributed by atoms with E-state index in [1.54, 1.807) is 68.6 Å². The second-order valence-corrected chi connectivity index (χ2v) is 9.61. The molecule has 3 aromatic heterocycles. The van der Waals surface area contributed by atoms with Crippen LogP contribution >= 0.6 is 0 Å². The van der Waals surface area contributed by atoms with Crippen LogP contribution < -0.4 is 15.8 Å². The second kappa shape index (κ2) is 9.80. The molecule has 12 heteroatoms. The van der Waals surface area contributed by atoms with Crippen LogP contribution in [0.25, 0.3) is 27.9 Å². The fourth-order valence-corrected chi connectivity index (χ4v) is 3.73. The Balaban J connectivity index is 1.74. The number of hydrogen-bond donors (Lipinski definition) is 2. The van der Waals surface area contributed by atoms with Crippen molar-refractivity contribution in [1.29, 1.82) is 0 Å². The molecule has 0 fully saturated rings. The van der Waals surface area contributed by atoms with Crippen molar-refractivity contribution < 1.29 is 19.1 Å². The van der Waals surface area contributed by atoms with E-state index in [0.717, 1.165) is 22.4 Å². The van der Waals surface area contributed by atoms with Gasteiger partial charge >= 0.3 is 6.09 Å². The molecule has 4 aromatic rings. The summed E-state index contributed by atoms with van der Waals surface area (Å²) in [6.07, 6.45) is 4.24. The van der Waals surface area contributed by atoms with Crippen molar-refractivity contribution >= 4 is 29.0 Å². The molecule has 1 aromatic carbocycles. The van der Waals surface area contributed by atoms with Gasteiger partial charge in [0, 0.05) is 31.4 Å². The standard InChI is InChI=1S/C25H30N8O4/c1-25(2,3)37-24(35)30-18-8-7-15(9-20(18)36-6)17-10-19(33-22(17)23(26)27-14-29-33)16-11-28-32(12-16)13-21(34)31(4)5/h7-12,14H,13H2,1-6H3,(H,30,35)(H2,26,27,29). The summed E-state index contributed by atoms with van der Waals surface area (Å²) in [5.74, 6) is 0.658. The van der Waals surface area contributed by atoms with Crippen LogP contribution in [0.4, 0.5) is 16.3 Å². The van der Waals surface area contributed by atoms with Crippen molar-refractivity contribution in [1.82, 2.24) is 29.3 Å². The number of carbonyl (C=O) groups excluding carboxylic acids is 2. The molecule has 12 nitrogen and oxygen atoms in total. The Kier molecular flexibility index (Phi) is 6.75. The average Bonchev–Trinajstić information content (AvgIpc) is 3.43. The Bertz CT molecular complexity index is 1470.